The number of pyridine rings is 1. The summed E-state index contributed by atoms with van der Waals surface area (Å²) in [5.41, 5.74) is 0.350. The van der Waals surface area contributed by atoms with E-state index in [4.69, 9.17) is 4.74 Å². The summed E-state index contributed by atoms with van der Waals surface area (Å²) >= 11 is 0. The molecule has 0 spiro atoms. The van der Waals surface area contributed by atoms with Gasteiger partial charge in [-0.05, 0) is 23.1 Å². The molecule has 1 atom stereocenters. The van der Waals surface area contributed by atoms with Gasteiger partial charge in [0.2, 0.25) is 0 Å². The number of aromatic nitrogens is 1. The molecule has 0 bridgehead atoms. The molecule has 0 fully saturated rings. The molecule has 0 aliphatic carbocycles. The molecular formula is C14H20N2O4. The van der Waals surface area contributed by atoms with Gasteiger partial charge in [0.05, 0.1) is 7.11 Å². The van der Waals surface area contributed by atoms with Crippen molar-refractivity contribution in [2.24, 2.45) is 5.41 Å². The van der Waals surface area contributed by atoms with Crippen LogP contribution in [0.25, 0.3) is 0 Å². The van der Waals surface area contributed by atoms with Crippen molar-refractivity contribution in [3.63, 3.8) is 0 Å². The fraction of sp³-hybridized carbons (Fsp3) is 0.500. The summed E-state index contributed by atoms with van der Waals surface area (Å²) in [6.07, 6.45) is 2.57. The SMILES string of the molecule is COC(=O)[C@@H](NC(=O)OCc1ccncc1)C(C)(C)C. The first kappa shape index (κ1) is 15.9. The lowest BCUT2D eigenvalue weighted by molar-refractivity contribution is -0.145. The van der Waals surface area contributed by atoms with Crippen molar-refractivity contribution in [2.45, 2.75) is 33.4 Å². The van der Waals surface area contributed by atoms with E-state index in [1.165, 1.54) is 7.11 Å². The number of nitrogens with one attached hydrogen (secondary N) is 1. The molecule has 0 saturated heterocycles. The van der Waals surface area contributed by atoms with Crippen molar-refractivity contribution in [3.05, 3.63) is 30.1 Å². The zero-order valence-electron chi connectivity index (χ0n) is 12.2. The number of rotatable bonds is 4. The highest BCUT2D eigenvalue weighted by Crippen LogP contribution is 2.20. The molecule has 20 heavy (non-hydrogen) atoms. The van der Waals surface area contributed by atoms with Crippen molar-refractivity contribution in [1.82, 2.24) is 10.3 Å². The van der Waals surface area contributed by atoms with Crippen LogP contribution in [0.3, 0.4) is 0 Å². The zero-order valence-corrected chi connectivity index (χ0v) is 12.2. The summed E-state index contributed by atoms with van der Waals surface area (Å²) in [4.78, 5) is 27.3. The first-order valence-corrected chi connectivity index (χ1v) is 6.24. The minimum atomic E-state index is -0.766. The van der Waals surface area contributed by atoms with E-state index in [0.717, 1.165) is 5.56 Å². The average molecular weight is 280 g/mol. The summed E-state index contributed by atoms with van der Waals surface area (Å²) in [6.45, 7) is 5.61. The van der Waals surface area contributed by atoms with Crippen LogP contribution in [0.2, 0.25) is 0 Å². The lowest BCUT2D eigenvalue weighted by Gasteiger charge is -2.28. The molecule has 0 aliphatic rings. The molecule has 1 N–H and O–H groups in total. The molecule has 1 heterocycles. The van der Waals surface area contributed by atoms with Crippen molar-refractivity contribution >= 4 is 12.1 Å². The number of carbonyl (C=O) groups is 2. The van der Waals surface area contributed by atoms with E-state index < -0.39 is 23.5 Å². The van der Waals surface area contributed by atoms with E-state index in [-0.39, 0.29) is 6.61 Å². The maximum absolute atomic E-state index is 11.7. The summed E-state index contributed by atoms with van der Waals surface area (Å²) in [5.74, 6) is -0.502. The Kier molecular flexibility index (Phi) is 5.49. The molecule has 1 aromatic heterocycles. The summed E-state index contributed by atoms with van der Waals surface area (Å²) in [6, 6.07) is 2.72. The van der Waals surface area contributed by atoms with Crippen LogP contribution >= 0.6 is 0 Å². The van der Waals surface area contributed by atoms with Crippen molar-refractivity contribution < 1.29 is 19.1 Å². The Labute approximate surface area is 118 Å². The molecule has 6 nitrogen and oxygen atoms in total. The van der Waals surface area contributed by atoms with Crippen LogP contribution in [0, 0.1) is 5.41 Å². The molecule has 1 aromatic rings. The second-order valence-electron chi connectivity index (χ2n) is 5.40. The van der Waals surface area contributed by atoms with Gasteiger partial charge in [0, 0.05) is 12.4 Å². The Morgan fingerprint density at radius 1 is 1.30 bits per heavy atom. The molecule has 6 heteroatoms. The first-order chi connectivity index (χ1) is 9.34. The normalized spacial score (nSPS) is 12.4. The van der Waals surface area contributed by atoms with Gasteiger partial charge in [-0.3, -0.25) is 4.98 Å². The number of hydrogen-bond acceptors (Lipinski definition) is 5. The van der Waals surface area contributed by atoms with Crippen LogP contribution < -0.4 is 5.32 Å². The predicted molar refractivity (Wildman–Crippen MR) is 72.8 cm³/mol. The number of methoxy groups -OCH3 is 1. The van der Waals surface area contributed by atoms with Crippen LogP contribution in [-0.4, -0.2) is 30.2 Å². The summed E-state index contributed by atoms with van der Waals surface area (Å²) < 4.78 is 9.75. The average Bonchev–Trinajstić information content (AvgIpc) is 2.41. The van der Waals surface area contributed by atoms with Gasteiger partial charge in [0.15, 0.2) is 0 Å². The van der Waals surface area contributed by atoms with Gasteiger partial charge in [-0.1, -0.05) is 20.8 Å². The highest BCUT2D eigenvalue weighted by atomic mass is 16.6. The van der Waals surface area contributed by atoms with E-state index in [1.54, 1.807) is 24.5 Å². The second-order valence-corrected chi connectivity index (χ2v) is 5.40. The molecule has 0 aliphatic heterocycles. The Bertz CT molecular complexity index is 454. The molecule has 0 unspecified atom stereocenters. The third-order valence-corrected chi connectivity index (χ3v) is 2.68. The van der Waals surface area contributed by atoms with Gasteiger partial charge in [-0.15, -0.1) is 0 Å². The van der Waals surface area contributed by atoms with Gasteiger partial charge in [0.25, 0.3) is 0 Å². The zero-order chi connectivity index (χ0) is 15.2. The lowest BCUT2D eigenvalue weighted by Crippen LogP contribution is -2.49. The van der Waals surface area contributed by atoms with Gasteiger partial charge < -0.3 is 14.8 Å². The van der Waals surface area contributed by atoms with Crippen LogP contribution in [0.1, 0.15) is 26.3 Å². The van der Waals surface area contributed by atoms with E-state index >= 15 is 0 Å². The molecular weight excluding hydrogens is 260 g/mol. The molecule has 0 radical (unpaired) electrons. The number of amides is 1. The maximum Gasteiger partial charge on any atom is 0.408 e. The number of carbonyl (C=O) groups excluding carboxylic acids is 2. The van der Waals surface area contributed by atoms with Crippen LogP contribution in [-0.2, 0) is 20.9 Å². The topological polar surface area (TPSA) is 77.5 Å². The number of alkyl carbamates (subject to hydrolysis) is 1. The number of ether oxygens (including phenoxy) is 2. The highest BCUT2D eigenvalue weighted by molar-refractivity contribution is 5.82. The Morgan fingerprint density at radius 3 is 2.40 bits per heavy atom. The number of hydrogen-bond donors (Lipinski definition) is 1. The maximum atomic E-state index is 11.7. The number of esters is 1. The first-order valence-electron chi connectivity index (χ1n) is 6.24. The predicted octanol–water partition coefficient (Wildman–Crippen LogP) is 1.90. The van der Waals surface area contributed by atoms with Crippen molar-refractivity contribution in [1.29, 1.82) is 0 Å². The van der Waals surface area contributed by atoms with Gasteiger partial charge in [-0.25, -0.2) is 9.59 Å². The Hall–Kier alpha value is -2.11. The van der Waals surface area contributed by atoms with E-state index in [2.05, 4.69) is 15.0 Å². The molecule has 1 amide bonds. The smallest absolute Gasteiger partial charge is 0.408 e. The lowest BCUT2D eigenvalue weighted by atomic mass is 9.87. The largest absolute Gasteiger partial charge is 0.467 e. The van der Waals surface area contributed by atoms with Gasteiger partial charge in [0.1, 0.15) is 12.6 Å². The fourth-order valence-electron chi connectivity index (χ4n) is 1.53. The minimum Gasteiger partial charge on any atom is -0.467 e. The van der Waals surface area contributed by atoms with Gasteiger partial charge >= 0.3 is 12.1 Å². The van der Waals surface area contributed by atoms with Crippen molar-refractivity contribution in [2.75, 3.05) is 7.11 Å². The summed E-state index contributed by atoms with van der Waals surface area (Å²) in [5, 5.41) is 2.53. The summed E-state index contributed by atoms with van der Waals surface area (Å²) in [7, 11) is 1.28. The second kappa shape index (κ2) is 6.88. The highest BCUT2D eigenvalue weighted by Gasteiger charge is 2.34. The molecule has 0 saturated carbocycles. The van der Waals surface area contributed by atoms with E-state index in [1.807, 2.05) is 20.8 Å². The van der Waals surface area contributed by atoms with Gasteiger partial charge in [-0.2, -0.15) is 0 Å². The molecule has 110 valence electrons. The fourth-order valence-corrected chi connectivity index (χ4v) is 1.53. The Balaban J connectivity index is 2.57. The Morgan fingerprint density at radius 2 is 1.90 bits per heavy atom. The third kappa shape index (κ3) is 4.87. The number of nitrogens with zero attached hydrogens (tertiary/aromatic N) is 1. The quantitative estimate of drug-likeness (QED) is 0.852. The van der Waals surface area contributed by atoms with Crippen LogP contribution in [0.5, 0.6) is 0 Å². The van der Waals surface area contributed by atoms with Crippen molar-refractivity contribution in [3.8, 4) is 0 Å². The van der Waals surface area contributed by atoms with Crippen LogP contribution in [0.15, 0.2) is 24.5 Å². The molecule has 1 rings (SSSR count). The van der Waals surface area contributed by atoms with Crippen LogP contribution in [0.4, 0.5) is 4.79 Å². The molecule has 0 aromatic carbocycles. The van der Waals surface area contributed by atoms with E-state index in [9.17, 15) is 9.59 Å². The minimum absolute atomic E-state index is 0.117. The monoisotopic (exact) mass is 280 g/mol. The third-order valence-electron chi connectivity index (χ3n) is 2.68. The van der Waals surface area contributed by atoms with E-state index in [0.29, 0.717) is 0 Å². The standard InChI is InChI=1S/C14H20N2O4/c1-14(2,3)11(12(17)19-4)16-13(18)20-9-10-5-7-15-8-6-10/h5-8,11H,9H2,1-4H3,(H,16,18)/t11-/m1/s1.